The lowest BCUT2D eigenvalue weighted by molar-refractivity contribution is -0.130. The number of amides is 3. The minimum Gasteiger partial charge on any atom is -0.341 e. The summed E-state index contributed by atoms with van der Waals surface area (Å²) < 4.78 is 0. The highest BCUT2D eigenvalue weighted by atomic mass is 16.2. The minimum absolute atomic E-state index is 0.00379. The first-order valence-corrected chi connectivity index (χ1v) is 9.10. The fraction of sp³-hybridized carbons (Fsp3) is 0.579. The normalized spacial score (nSPS) is 15.7. The Bertz CT molecular complexity index is 544. The van der Waals surface area contributed by atoms with E-state index in [2.05, 4.69) is 34.6 Å². The number of nitrogens with zero attached hydrogens (tertiary/aromatic N) is 2. The number of urea groups is 1. The predicted octanol–water partition coefficient (Wildman–Crippen LogP) is 1.82. The van der Waals surface area contributed by atoms with Crippen molar-refractivity contribution in [1.29, 1.82) is 0 Å². The number of carbonyl (C=O) groups is 2. The van der Waals surface area contributed by atoms with Gasteiger partial charge in [-0.25, -0.2) is 4.79 Å². The van der Waals surface area contributed by atoms with Crippen LogP contribution in [0.3, 0.4) is 0 Å². The number of rotatable bonds is 7. The van der Waals surface area contributed by atoms with Crippen molar-refractivity contribution in [2.45, 2.75) is 38.8 Å². The van der Waals surface area contributed by atoms with Crippen molar-refractivity contribution in [3.63, 3.8) is 0 Å². The molecule has 1 aliphatic heterocycles. The largest absolute Gasteiger partial charge is 0.341 e. The van der Waals surface area contributed by atoms with Crippen LogP contribution in [0.2, 0.25) is 0 Å². The van der Waals surface area contributed by atoms with Gasteiger partial charge in [-0.05, 0) is 38.8 Å². The van der Waals surface area contributed by atoms with Gasteiger partial charge < -0.3 is 15.5 Å². The molecule has 0 aromatic heterocycles. The molecule has 0 spiro atoms. The molecule has 1 aliphatic rings. The maximum Gasteiger partial charge on any atom is 0.315 e. The molecule has 0 bridgehead atoms. The van der Waals surface area contributed by atoms with Crippen LogP contribution in [-0.2, 0) is 11.3 Å². The Balaban J connectivity index is 1.64. The van der Waals surface area contributed by atoms with Crippen LogP contribution < -0.4 is 10.6 Å². The summed E-state index contributed by atoms with van der Waals surface area (Å²) >= 11 is 0. The highest BCUT2D eigenvalue weighted by Gasteiger charge is 2.17. The van der Waals surface area contributed by atoms with E-state index in [-0.39, 0.29) is 24.5 Å². The molecule has 3 amide bonds. The van der Waals surface area contributed by atoms with Gasteiger partial charge >= 0.3 is 6.03 Å². The number of likely N-dealkylation sites (N-methyl/N-ethyl adjacent to an activating group) is 1. The molecule has 0 radical (unpaired) electrons. The summed E-state index contributed by atoms with van der Waals surface area (Å²) in [5.74, 6) is 0.00379. The molecule has 2 rings (SSSR count). The Hall–Kier alpha value is -2.08. The Labute approximate surface area is 150 Å². The molecular weight excluding hydrogens is 316 g/mol. The van der Waals surface area contributed by atoms with Crippen molar-refractivity contribution < 1.29 is 9.59 Å². The van der Waals surface area contributed by atoms with E-state index in [1.54, 1.807) is 0 Å². The molecule has 138 valence electrons. The van der Waals surface area contributed by atoms with Gasteiger partial charge in [0.15, 0.2) is 0 Å². The first-order chi connectivity index (χ1) is 12.1. The molecule has 1 fully saturated rings. The number of hydrogen-bond donors (Lipinski definition) is 2. The summed E-state index contributed by atoms with van der Waals surface area (Å²) in [4.78, 5) is 28.0. The Morgan fingerprint density at radius 1 is 1.12 bits per heavy atom. The second-order valence-corrected chi connectivity index (χ2v) is 6.75. The lowest BCUT2D eigenvalue weighted by atomic mass is 10.1. The van der Waals surface area contributed by atoms with Gasteiger partial charge in [-0.1, -0.05) is 30.3 Å². The van der Waals surface area contributed by atoms with E-state index in [1.165, 1.54) is 12.0 Å². The van der Waals surface area contributed by atoms with E-state index < -0.39 is 0 Å². The lowest BCUT2D eigenvalue weighted by Gasteiger charge is -2.27. The number of benzene rings is 1. The van der Waals surface area contributed by atoms with Crippen LogP contribution in [0.15, 0.2) is 30.3 Å². The summed E-state index contributed by atoms with van der Waals surface area (Å²) in [6.45, 7) is 5.13. The van der Waals surface area contributed by atoms with Crippen LogP contribution in [-0.4, -0.2) is 61.0 Å². The monoisotopic (exact) mass is 346 g/mol. The zero-order chi connectivity index (χ0) is 18.1. The van der Waals surface area contributed by atoms with E-state index in [1.807, 2.05) is 30.1 Å². The Kier molecular flexibility index (Phi) is 7.73. The highest BCUT2D eigenvalue weighted by Crippen LogP contribution is 2.08. The summed E-state index contributed by atoms with van der Waals surface area (Å²) in [7, 11) is 2.04. The van der Waals surface area contributed by atoms with Crippen molar-refractivity contribution in [3.05, 3.63) is 35.9 Å². The number of hydrogen-bond acceptors (Lipinski definition) is 3. The molecule has 1 aromatic carbocycles. The molecule has 1 aromatic rings. The SMILES string of the molecule is CC(CNC(=O)NCC(=O)N1CCCCC1)N(C)Cc1ccccc1. The van der Waals surface area contributed by atoms with Crippen molar-refractivity contribution in [3.8, 4) is 0 Å². The smallest absolute Gasteiger partial charge is 0.315 e. The van der Waals surface area contributed by atoms with Crippen molar-refractivity contribution in [1.82, 2.24) is 20.4 Å². The zero-order valence-corrected chi connectivity index (χ0v) is 15.3. The molecule has 2 N–H and O–H groups in total. The van der Waals surface area contributed by atoms with Gasteiger partial charge in [0, 0.05) is 32.2 Å². The summed E-state index contributed by atoms with van der Waals surface area (Å²) in [6.07, 6.45) is 3.30. The molecular formula is C19H30N4O2. The average molecular weight is 346 g/mol. The fourth-order valence-corrected chi connectivity index (χ4v) is 2.90. The maximum atomic E-state index is 12.0. The first-order valence-electron chi connectivity index (χ1n) is 9.10. The molecule has 1 unspecified atom stereocenters. The van der Waals surface area contributed by atoms with Crippen LogP contribution in [0.5, 0.6) is 0 Å². The highest BCUT2D eigenvalue weighted by molar-refractivity contribution is 5.84. The molecule has 1 heterocycles. The summed E-state index contributed by atoms with van der Waals surface area (Å²) in [6, 6.07) is 10.2. The third-order valence-electron chi connectivity index (χ3n) is 4.69. The van der Waals surface area contributed by atoms with Crippen LogP contribution >= 0.6 is 0 Å². The second-order valence-electron chi connectivity index (χ2n) is 6.75. The number of piperidine rings is 1. The molecule has 1 atom stereocenters. The molecule has 1 saturated heterocycles. The number of carbonyl (C=O) groups excluding carboxylic acids is 2. The summed E-state index contributed by atoms with van der Waals surface area (Å²) in [5.41, 5.74) is 1.24. The van der Waals surface area contributed by atoms with Crippen LogP contribution in [0.25, 0.3) is 0 Å². The van der Waals surface area contributed by atoms with Gasteiger partial charge in [-0.3, -0.25) is 9.69 Å². The van der Waals surface area contributed by atoms with Gasteiger partial charge in [0.2, 0.25) is 5.91 Å². The minimum atomic E-state index is -0.287. The molecule has 6 nitrogen and oxygen atoms in total. The number of nitrogens with one attached hydrogen (secondary N) is 2. The quantitative estimate of drug-likeness (QED) is 0.791. The maximum absolute atomic E-state index is 12.0. The number of likely N-dealkylation sites (tertiary alicyclic amines) is 1. The lowest BCUT2D eigenvalue weighted by Crippen LogP contribution is -2.47. The van der Waals surface area contributed by atoms with Gasteiger partial charge in [0.05, 0.1) is 6.54 Å². The summed E-state index contributed by atoms with van der Waals surface area (Å²) in [5, 5.41) is 5.51. The molecule has 6 heteroatoms. The Morgan fingerprint density at radius 2 is 1.80 bits per heavy atom. The van der Waals surface area contributed by atoms with E-state index in [0.29, 0.717) is 6.54 Å². The standard InChI is InChI=1S/C19H30N4O2/c1-16(22(2)15-17-9-5-3-6-10-17)13-20-19(25)21-14-18(24)23-11-7-4-8-12-23/h3,5-6,9-10,16H,4,7-8,11-15H2,1-2H3,(H2,20,21,25). The van der Waals surface area contributed by atoms with Crippen LogP contribution in [0, 0.1) is 0 Å². The topological polar surface area (TPSA) is 64.7 Å². The van der Waals surface area contributed by atoms with E-state index in [9.17, 15) is 9.59 Å². The molecule has 0 aliphatic carbocycles. The van der Waals surface area contributed by atoms with Crippen molar-refractivity contribution >= 4 is 11.9 Å². The molecule has 25 heavy (non-hydrogen) atoms. The first kappa shape index (κ1) is 19.2. The third kappa shape index (κ3) is 6.74. The van der Waals surface area contributed by atoms with E-state index in [4.69, 9.17) is 0 Å². The van der Waals surface area contributed by atoms with Crippen LogP contribution in [0.1, 0.15) is 31.7 Å². The van der Waals surface area contributed by atoms with E-state index in [0.717, 1.165) is 32.5 Å². The van der Waals surface area contributed by atoms with Gasteiger partial charge in [-0.15, -0.1) is 0 Å². The zero-order valence-electron chi connectivity index (χ0n) is 15.3. The Morgan fingerprint density at radius 3 is 2.48 bits per heavy atom. The second kappa shape index (κ2) is 10.0. The van der Waals surface area contributed by atoms with Crippen molar-refractivity contribution in [2.75, 3.05) is 33.2 Å². The van der Waals surface area contributed by atoms with Crippen molar-refractivity contribution in [2.24, 2.45) is 0 Å². The van der Waals surface area contributed by atoms with Gasteiger partial charge in [-0.2, -0.15) is 0 Å². The predicted molar refractivity (Wildman–Crippen MR) is 99.2 cm³/mol. The molecule has 0 saturated carbocycles. The van der Waals surface area contributed by atoms with Crippen LogP contribution in [0.4, 0.5) is 4.79 Å². The van der Waals surface area contributed by atoms with E-state index >= 15 is 0 Å². The van der Waals surface area contributed by atoms with Gasteiger partial charge in [0.25, 0.3) is 0 Å². The fourth-order valence-electron chi connectivity index (χ4n) is 2.90. The third-order valence-corrected chi connectivity index (χ3v) is 4.69. The van der Waals surface area contributed by atoms with Gasteiger partial charge in [0.1, 0.15) is 0 Å². The average Bonchev–Trinajstić information content (AvgIpc) is 2.65.